The lowest BCUT2D eigenvalue weighted by Crippen LogP contribution is -2.02. The molecule has 4 nitrogen and oxygen atoms in total. The first kappa shape index (κ1) is 18.8. The van der Waals surface area contributed by atoms with E-state index in [4.69, 9.17) is 9.47 Å². The van der Waals surface area contributed by atoms with Gasteiger partial charge >= 0.3 is 0 Å². The van der Waals surface area contributed by atoms with E-state index in [1.165, 1.54) is 5.56 Å². The Labute approximate surface area is 171 Å². The van der Waals surface area contributed by atoms with Gasteiger partial charge in [0.2, 0.25) is 0 Å². The van der Waals surface area contributed by atoms with E-state index >= 15 is 0 Å². The van der Waals surface area contributed by atoms with Gasteiger partial charge < -0.3 is 9.47 Å². The second-order valence-corrected chi connectivity index (χ2v) is 6.81. The molecule has 0 aliphatic carbocycles. The number of para-hydroxylation sites is 1. The molecule has 0 unspecified atom stereocenters. The number of aromatic nitrogens is 2. The second kappa shape index (κ2) is 8.65. The van der Waals surface area contributed by atoms with Gasteiger partial charge in [0.15, 0.2) is 0 Å². The lowest BCUT2D eigenvalue weighted by atomic mass is 9.99. The summed E-state index contributed by atoms with van der Waals surface area (Å²) >= 11 is 0. The molecule has 4 aromatic rings. The molecule has 0 spiro atoms. The minimum atomic E-state index is 0.767. The van der Waals surface area contributed by atoms with Gasteiger partial charge in [-0.15, -0.1) is 0 Å². The van der Waals surface area contributed by atoms with Gasteiger partial charge in [0.1, 0.15) is 11.5 Å². The summed E-state index contributed by atoms with van der Waals surface area (Å²) in [6, 6.07) is 26.8. The Morgan fingerprint density at radius 2 is 1.45 bits per heavy atom. The van der Waals surface area contributed by atoms with E-state index in [1.807, 2.05) is 59.4 Å². The number of hydrogen-bond acceptors (Lipinski definition) is 3. The van der Waals surface area contributed by atoms with Crippen LogP contribution in [0.1, 0.15) is 11.1 Å². The van der Waals surface area contributed by atoms with Crippen LogP contribution in [0.2, 0.25) is 0 Å². The van der Waals surface area contributed by atoms with Crippen molar-refractivity contribution in [2.24, 2.45) is 0 Å². The molecule has 4 rings (SSSR count). The SMILES string of the molecule is COc1cc(OC)c(-c2ccnn2-c2ccccc2)cc1CCc1ccccc1. The zero-order valence-corrected chi connectivity index (χ0v) is 16.7. The zero-order chi connectivity index (χ0) is 20.1. The highest BCUT2D eigenvalue weighted by atomic mass is 16.5. The minimum absolute atomic E-state index is 0.767. The average Bonchev–Trinajstić information content (AvgIpc) is 3.28. The van der Waals surface area contributed by atoms with Crippen molar-refractivity contribution in [1.82, 2.24) is 9.78 Å². The third-order valence-electron chi connectivity index (χ3n) is 5.05. The number of nitrogens with zero attached hydrogens (tertiary/aromatic N) is 2. The summed E-state index contributed by atoms with van der Waals surface area (Å²) in [6.07, 6.45) is 3.64. The Bertz CT molecular complexity index is 1070. The molecule has 0 N–H and O–H groups in total. The summed E-state index contributed by atoms with van der Waals surface area (Å²) in [5.41, 5.74) is 5.44. The Kier molecular flexibility index (Phi) is 5.61. The molecule has 0 amide bonds. The van der Waals surface area contributed by atoms with Gasteiger partial charge in [-0.3, -0.25) is 0 Å². The standard InChI is InChI=1S/C25H24N2O2/c1-28-24-18-25(29-2)22(17-20(24)14-13-19-9-5-3-6-10-19)23-15-16-26-27(23)21-11-7-4-8-12-21/h3-12,15-18H,13-14H2,1-2H3. The van der Waals surface area contributed by atoms with Crippen molar-refractivity contribution in [2.45, 2.75) is 12.8 Å². The molecule has 0 atom stereocenters. The quantitative estimate of drug-likeness (QED) is 0.431. The molecule has 3 aromatic carbocycles. The van der Waals surface area contributed by atoms with Crippen LogP contribution in [0.4, 0.5) is 0 Å². The molecular formula is C25H24N2O2. The maximum absolute atomic E-state index is 5.70. The van der Waals surface area contributed by atoms with Gasteiger partial charge in [-0.1, -0.05) is 48.5 Å². The van der Waals surface area contributed by atoms with Crippen LogP contribution in [0, 0.1) is 0 Å². The largest absolute Gasteiger partial charge is 0.496 e. The number of aryl methyl sites for hydroxylation is 2. The van der Waals surface area contributed by atoms with Crippen molar-refractivity contribution in [3.05, 3.63) is 96.2 Å². The van der Waals surface area contributed by atoms with E-state index in [0.29, 0.717) is 0 Å². The fourth-order valence-corrected chi connectivity index (χ4v) is 3.57. The number of benzene rings is 3. The zero-order valence-electron chi connectivity index (χ0n) is 16.7. The van der Waals surface area contributed by atoms with Crippen LogP contribution in [-0.2, 0) is 12.8 Å². The van der Waals surface area contributed by atoms with Gasteiger partial charge in [0.25, 0.3) is 0 Å². The van der Waals surface area contributed by atoms with Gasteiger partial charge in [-0.25, -0.2) is 4.68 Å². The number of hydrogen-bond donors (Lipinski definition) is 0. The monoisotopic (exact) mass is 384 g/mol. The van der Waals surface area contributed by atoms with E-state index in [2.05, 4.69) is 35.4 Å². The summed E-state index contributed by atoms with van der Waals surface area (Å²) in [7, 11) is 3.39. The van der Waals surface area contributed by atoms with E-state index in [-0.39, 0.29) is 0 Å². The third kappa shape index (κ3) is 4.02. The molecule has 0 aliphatic rings. The van der Waals surface area contributed by atoms with Crippen LogP contribution in [0.3, 0.4) is 0 Å². The molecule has 4 heteroatoms. The highest BCUT2D eigenvalue weighted by Crippen LogP contribution is 2.37. The lowest BCUT2D eigenvalue weighted by Gasteiger charge is -2.16. The molecule has 0 fully saturated rings. The first-order valence-electron chi connectivity index (χ1n) is 9.69. The normalized spacial score (nSPS) is 10.7. The van der Waals surface area contributed by atoms with Crippen LogP contribution in [0.15, 0.2) is 85.1 Å². The fourth-order valence-electron chi connectivity index (χ4n) is 3.57. The molecule has 0 bridgehead atoms. The molecular weight excluding hydrogens is 360 g/mol. The maximum Gasteiger partial charge on any atom is 0.131 e. The summed E-state index contributed by atoms with van der Waals surface area (Å²) in [4.78, 5) is 0. The van der Waals surface area contributed by atoms with Gasteiger partial charge in [0.05, 0.1) is 31.8 Å². The maximum atomic E-state index is 5.70. The topological polar surface area (TPSA) is 36.3 Å². The molecule has 0 saturated heterocycles. The van der Waals surface area contributed by atoms with E-state index in [9.17, 15) is 0 Å². The summed E-state index contributed by atoms with van der Waals surface area (Å²) in [5, 5.41) is 4.53. The third-order valence-corrected chi connectivity index (χ3v) is 5.05. The van der Waals surface area contributed by atoms with E-state index in [1.54, 1.807) is 14.2 Å². The van der Waals surface area contributed by atoms with Crippen molar-refractivity contribution in [1.29, 1.82) is 0 Å². The van der Waals surface area contributed by atoms with Crippen molar-refractivity contribution in [3.8, 4) is 28.4 Å². The molecule has 0 radical (unpaired) electrons. The van der Waals surface area contributed by atoms with Crippen LogP contribution in [-0.4, -0.2) is 24.0 Å². The van der Waals surface area contributed by atoms with Crippen LogP contribution >= 0.6 is 0 Å². The van der Waals surface area contributed by atoms with Crippen molar-refractivity contribution >= 4 is 0 Å². The molecule has 29 heavy (non-hydrogen) atoms. The summed E-state index contributed by atoms with van der Waals surface area (Å²) < 4.78 is 13.3. The Morgan fingerprint density at radius 1 is 0.759 bits per heavy atom. The predicted octanol–water partition coefficient (Wildman–Crippen LogP) is 5.34. The van der Waals surface area contributed by atoms with E-state index < -0.39 is 0 Å². The molecule has 1 aromatic heterocycles. The van der Waals surface area contributed by atoms with Gasteiger partial charge in [0, 0.05) is 11.6 Å². The average molecular weight is 384 g/mol. The fraction of sp³-hybridized carbons (Fsp3) is 0.160. The number of ether oxygens (including phenoxy) is 2. The molecule has 0 saturated carbocycles. The highest BCUT2D eigenvalue weighted by molar-refractivity contribution is 5.72. The van der Waals surface area contributed by atoms with Crippen molar-refractivity contribution < 1.29 is 9.47 Å². The Hall–Kier alpha value is -3.53. The Morgan fingerprint density at radius 3 is 2.14 bits per heavy atom. The molecule has 0 aliphatic heterocycles. The first-order chi connectivity index (χ1) is 14.3. The van der Waals surface area contributed by atoms with Gasteiger partial charge in [-0.05, 0) is 48.2 Å². The van der Waals surface area contributed by atoms with Crippen molar-refractivity contribution in [3.63, 3.8) is 0 Å². The Balaban J connectivity index is 1.75. The van der Waals surface area contributed by atoms with E-state index in [0.717, 1.165) is 46.8 Å². The molecule has 1 heterocycles. The predicted molar refractivity (Wildman–Crippen MR) is 116 cm³/mol. The lowest BCUT2D eigenvalue weighted by molar-refractivity contribution is 0.392. The minimum Gasteiger partial charge on any atom is -0.496 e. The smallest absolute Gasteiger partial charge is 0.131 e. The second-order valence-electron chi connectivity index (χ2n) is 6.81. The number of methoxy groups -OCH3 is 2. The summed E-state index contributed by atoms with van der Waals surface area (Å²) in [6.45, 7) is 0. The van der Waals surface area contributed by atoms with Crippen LogP contribution in [0.5, 0.6) is 11.5 Å². The van der Waals surface area contributed by atoms with Crippen molar-refractivity contribution in [2.75, 3.05) is 14.2 Å². The van der Waals surface area contributed by atoms with Gasteiger partial charge in [-0.2, -0.15) is 5.10 Å². The highest BCUT2D eigenvalue weighted by Gasteiger charge is 2.17. The first-order valence-corrected chi connectivity index (χ1v) is 9.69. The number of rotatable bonds is 7. The summed E-state index contributed by atoms with van der Waals surface area (Å²) in [5.74, 6) is 1.61. The van der Waals surface area contributed by atoms with Crippen LogP contribution < -0.4 is 9.47 Å². The van der Waals surface area contributed by atoms with Crippen LogP contribution in [0.25, 0.3) is 16.9 Å². The molecule has 146 valence electrons.